The van der Waals surface area contributed by atoms with Crippen molar-refractivity contribution in [2.24, 2.45) is 4.99 Å². The number of urea groups is 1. The van der Waals surface area contributed by atoms with Crippen LogP contribution >= 0.6 is 24.0 Å². The molecule has 0 aromatic heterocycles. The number of benzene rings is 1. The van der Waals surface area contributed by atoms with E-state index in [4.69, 9.17) is 0 Å². The number of guanidine groups is 1. The molecule has 0 bridgehead atoms. The first-order chi connectivity index (χ1) is 13.3. The molecule has 2 atom stereocenters. The van der Waals surface area contributed by atoms with E-state index in [9.17, 15) is 9.59 Å². The average molecular weight is 515 g/mol. The molecule has 3 amide bonds. The summed E-state index contributed by atoms with van der Waals surface area (Å²) in [5.41, 5.74) is 1.78. The van der Waals surface area contributed by atoms with E-state index in [1.54, 1.807) is 14.0 Å². The quantitative estimate of drug-likeness (QED) is 0.163. The number of carbonyl (C=O) groups excluding carboxylic acids is 2. The van der Waals surface area contributed by atoms with Crippen LogP contribution < -0.4 is 16.0 Å². The number of rotatable bonds is 8. The summed E-state index contributed by atoms with van der Waals surface area (Å²) in [7, 11) is 1.73. The Kier molecular flexibility index (Phi) is 9.88. The van der Waals surface area contributed by atoms with Gasteiger partial charge in [-0.3, -0.25) is 14.7 Å². The summed E-state index contributed by atoms with van der Waals surface area (Å²) >= 11 is 0. The first-order valence-corrected chi connectivity index (χ1v) is 9.96. The molecule has 162 valence electrons. The summed E-state index contributed by atoms with van der Waals surface area (Å²) in [6.45, 7) is 9.73. The standard InChI is InChI=1S/C21H33N5O2.HI/c1-6-21(4)18(27)26(20(28)25-21)12-8-11-23-19(22-5)24-14-16(3)17-10-7-9-15(2)13-17;/h7,9-10,13,16H,6,8,11-12,14H2,1-5H3,(H,25,28)(H2,22,23,24);1H. The third-order valence-electron chi connectivity index (χ3n) is 5.31. The summed E-state index contributed by atoms with van der Waals surface area (Å²) in [5, 5.41) is 9.35. The van der Waals surface area contributed by atoms with Crippen LogP contribution in [0.25, 0.3) is 0 Å². The van der Waals surface area contributed by atoms with Crippen LogP contribution in [-0.2, 0) is 4.79 Å². The van der Waals surface area contributed by atoms with Crippen molar-refractivity contribution in [3.8, 4) is 0 Å². The molecule has 29 heavy (non-hydrogen) atoms. The predicted molar refractivity (Wildman–Crippen MR) is 128 cm³/mol. The van der Waals surface area contributed by atoms with E-state index in [1.165, 1.54) is 16.0 Å². The summed E-state index contributed by atoms with van der Waals surface area (Å²) in [5.74, 6) is 0.931. The number of aryl methyl sites for hydroxylation is 1. The van der Waals surface area contributed by atoms with Crippen LogP contribution in [0.5, 0.6) is 0 Å². The van der Waals surface area contributed by atoms with Crippen LogP contribution in [0.15, 0.2) is 29.3 Å². The zero-order chi connectivity index (χ0) is 20.7. The summed E-state index contributed by atoms with van der Waals surface area (Å²) in [6.07, 6.45) is 1.25. The third-order valence-corrected chi connectivity index (χ3v) is 5.31. The summed E-state index contributed by atoms with van der Waals surface area (Å²) < 4.78 is 0. The Bertz CT molecular complexity index is 740. The van der Waals surface area contributed by atoms with Crippen LogP contribution in [-0.4, -0.2) is 55.0 Å². The van der Waals surface area contributed by atoms with Gasteiger partial charge in [-0.2, -0.15) is 0 Å². The minimum Gasteiger partial charge on any atom is -0.356 e. The van der Waals surface area contributed by atoms with Crippen molar-refractivity contribution in [3.63, 3.8) is 0 Å². The summed E-state index contributed by atoms with van der Waals surface area (Å²) in [4.78, 5) is 29.9. The molecule has 1 aromatic rings. The maximum absolute atomic E-state index is 12.4. The first-order valence-electron chi connectivity index (χ1n) is 9.96. The van der Waals surface area contributed by atoms with Crippen molar-refractivity contribution in [1.29, 1.82) is 0 Å². The van der Waals surface area contributed by atoms with Gasteiger partial charge in [-0.25, -0.2) is 4.79 Å². The molecule has 1 fully saturated rings. The molecule has 3 N–H and O–H groups in total. The molecule has 2 rings (SSSR count). The summed E-state index contributed by atoms with van der Waals surface area (Å²) in [6, 6.07) is 8.21. The van der Waals surface area contributed by atoms with Crippen molar-refractivity contribution in [3.05, 3.63) is 35.4 Å². The van der Waals surface area contributed by atoms with E-state index in [2.05, 4.69) is 59.1 Å². The Balaban J connectivity index is 0.00000420. The van der Waals surface area contributed by atoms with E-state index in [0.29, 0.717) is 31.8 Å². The number of carbonyl (C=O) groups is 2. The van der Waals surface area contributed by atoms with Crippen molar-refractivity contribution in [1.82, 2.24) is 20.9 Å². The second-order valence-electron chi connectivity index (χ2n) is 7.62. The lowest BCUT2D eigenvalue weighted by Gasteiger charge is -2.19. The number of hydrogen-bond donors (Lipinski definition) is 3. The molecule has 1 aromatic carbocycles. The molecule has 0 saturated carbocycles. The van der Waals surface area contributed by atoms with Gasteiger partial charge in [0.2, 0.25) is 0 Å². The third kappa shape index (κ3) is 6.58. The Morgan fingerprint density at radius 1 is 1.31 bits per heavy atom. The molecule has 0 spiro atoms. The highest BCUT2D eigenvalue weighted by molar-refractivity contribution is 14.0. The van der Waals surface area contributed by atoms with Crippen molar-refractivity contribution >= 4 is 41.9 Å². The van der Waals surface area contributed by atoms with Gasteiger partial charge in [-0.1, -0.05) is 43.7 Å². The molecule has 0 aliphatic carbocycles. The van der Waals surface area contributed by atoms with E-state index in [1.807, 2.05) is 6.92 Å². The van der Waals surface area contributed by atoms with Gasteiger partial charge >= 0.3 is 6.03 Å². The maximum atomic E-state index is 12.4. The smallest absolute Gasteiger partial charge is 0.325 e. The van der Waals surface area contributed by atoms with E-state index >= 15 is 0 Å². The van der Waals surface area contributed by atoms with Crippen molar-refractivity contribution < 1.29 is 9.59 Å². The number of nitrogens with zero attached hydrogens (tertiary/aromatic N) is 2. The molecule has 7 nitrogen and oxygen atoms in total. The fraction of sp³-hybridized carbons (Fsp3) is 0.571. The van der Waals surface area contributed by atoms with Crippen LogP contribution in [0.1, 0.15) is 50.7 Å². The van der Waals surface area contributed by atoms with Crippen LogP contribution in [0.2, 0.25) is 0 Å². The Hall–Kier alpha value is -1.84. The topological polar surface area (TPSA) is 85.8 Å². The Morgan fingerprint density at radius 2 is 2.03 bits per heavy atom. The second kappa shape index (κ2) is 11.4. The zero-order valence-electron chi connectivity index (χ0n) is 18.0. The Morgan fingerprint density at radius 3 is 2.62 bits per heavy atom. The van der Waals surface area contributed by atoms with Gasteiger partial charge in [0.1, 0.15) is 5.54 Å². The molecule has 1 saturated heterocycles. The van der Waals surface area contributed by atoms with Crippen molar-refractivity contribution in [2.45, 2.75) is 52.0 Å². The van der Waals surface area contributed by atoms with E-state index in [-0.39, 0.29) is 35.9 Å². The lowest BCUT2D eigenvalue weighted by molar-refractivity contribution is -0.130. The van der Waals surface area contributed by atoms with Gasteiger partial charge in [0.05, 0.1) is 0 Å². The molecule has 2 unspecified atom stereocenters. The van der Waals surface area contributed by atoms with Gasteiger partial charge in [-0.15, -0.1) is 24.0 Å². The molecule has 1 aliphatic rings. The number of imide groups is 1. The molecular weight excluding hydrogens is 481 g/mol. The number of nitrogens with one attached hydrogen (secondary N) is 3. The average Bonchev–Trinajstić information content (AvgIpc) is 2.90. The van der Waals surface area contributed by atoms with Gasteiger partial charge in [0.25, 0.3) is 5.91 Å². The highest BCUT2D eigenvalue weighted by Gasteiger charge is 2.45. The maximum Gasteiger partial charge on any atom is 0.325 e. The predicted octanol–water partition coefficient (Wildman–Crippen LogP) is 2.99. The SMILES string of the molecule is CCC1(C)NC(=O)N(CCCNC(=NC)NCC(C)c2cccc(C)c2)C1=O.I. The van der Waals surface area contributed by atoms with Crippen LogP contribution in [0.3, 0.4) is 0 Å². The zero-order valence-corrected chi connectivity index (χ0v) is 20.4. The molecule has 0 radical (unpaired) electrons. The van der Waals surface area contributed by atoms with Gasteiger partial charge in [0.15, 0.2) is 5.96 Å². The highest BCUT2D eigenvalue weighted by Crippen LogP contribution is 2.20. The van der Waals surface area contributed by atoms with Gasteiger partial charge in [-0.05, 0) is 38.2 Å². The van der Waals surface area contributed by atoms with Gasteiger partial charge in [0, 0.05) is 26.7 Å². The van der Waals surface area contributed by atoms with E-state index in [0.717, 1.165) is 12.5 Å². The second-order valence-corrected chi connectivity index (χ2v) is 7.62. The lowest BCUT2D eigenvalue weighted by Crippen LogP contribution is -2.43. The monoisotopic (exact) mass is 515 g/mol. The molecular formula is C21H34IN5O2. The molecule has 8 heteroatoms. The number of amides is 3. The Labute approximate surface area is 191 Å². The number of halogens is 1. The van der Waals surface area contributed by atoms with Crippen LogP contribution in [0.4, 0.5) is 4.79 Å². The van der Waals surface area contributed by atoms with E-state index < -0.39 is 5.54 Å². The molecule has 1 heterocycles. The minimum atomic E-state index is -0.770. The molecule has 1 aliphatic heterocycles. The number of aliphatic imine (C=N–C) groups is 1. The highest BCUT2D eigenvalue weighted by atomic mass is 127. The first kappa shape index (κ1) is 25.2. The van der Waals surface area contributed by atoms with Crippen molar-refractivity contribution in [2.75, 3.05) is 26.7 Å². The fourth-order valence-corrected chi connectivity index (χ4v) is 3.20. The van der Waals surface area contributed by atoms with Crippen LogP contribution in [0, 0.1) is 6.92 Å². The minimum absolute atomic E-state index is 0. The number of hydrogen-bond acceptors (Lipinski definition) is 3. The largest absolute Gasteiger partial charge is 0.356 e. The fourth-order valence-electron chi connectivity index (χ4n) is 3.20. The van der Waals surface area contributed by atoms with Gasteiger partial charge < -0.3 is 16.0 Å². The normalized spacial score (nSPS) is 20.2. The lowest BCUT2D eigenvalue weighted by atomic mass is 9.99.